The molecule has 1 heteroatoms. The van der Waals surface area contributed by atoms with Gasteiger partial charge in [-0.1, -0.05) is 213 Å². The lowest BCUT2D eigenvalue weighted by molar-refractivity contribution is 0.761. The summed E-state index contributed by atoms with van der Waals surface area (Å²) in [6, 6.07) is 82.9. The Hall–Kier alpha value is -7.74. The highest BCUT2D eigenvalue weighted by Crippen LogP contribution is 2.58. The highest BCUT2D eigenvalue weighted by Gasteiger charge is 2.47. The van der Waals surface area contributed by atoms with Gasteiger partial charge in [-0.15, -0.1) is 0 Å². The number of allylic oxidation sites excluding steroid dienone is 5. The molecule has 0 aromatic heterocycles. The van der Waals surface area contributed by atoms with Crippen LogP contribution >= 0.6 is 0 Å². The zero-order valence-electron chi connectivity index (χ0n) is 34.7. The van der Waals surface area contributed by atoms with Crippen molar-refractivity contribution in [1.82, 2.24) is 0 Å². The first-order valence-electron chi connectivity index (χ1n) is 21.6. The first-order valence-corrected chi connectivity index (χ1v) is 21.6. The molecule has 0 heterocycles. The predicted molar refractivity (Wildman–Crippen MR) is 261 cm³/mol. The molecule has 0 fully saturated rings. The van der Waals surface area contributed by atoms with Crippen molar-refractivity contribution >= 4 is 33.4 Å². The number of benzene rings is 9. The van der Waals surface area contributed by atoms with Gasteiger partial charge in [0.05, 0.1) is 10.8 Å². The van der Waals surface area contributed by atoms with Crippen molar-refractivity contribution in [3.05, 3.63) is 299 Å². The maximum Gasteiger partial charge on any atom is 0.0714 e. The summed E-state index contributed by atoms with van der Waals surface area (Å²) < 4.78 is 0. The standard InChI is InChI=1S/C61H45N/c1-3-20-56-52(4-2)53-29-16-18-31-57(53)60(56,45-23-8-5-9-24-45)48-34-37-49(38-35-48)62(50-36-33-43-21-14-15-22-44(43)41-50)51-39-40-55-54-30-17-19-32-58(54)61(59(55)42-51,46-25-10-6-11-26-46)47-27-12-7-13-28-47/h3-42H,2H2,1H3/b20-3-. The van der Waals surface area contributed by atoms with Crippen LogP contribution in [0.4, 0.5) is 17.1 Å². The van der Waals surface area contributed by atoms with Crippen molar-refractivity contribution in [2.45, 2.75) is 17.8 Å². The Kier molecular flexibility index (Phi) is 9.06. The maximum absolute atomic E-state index is 4.34. The number of fused-ring (bicyclic) bond motifs is 5. The molecule has 1 unspecified atom stereocenters. The normalized spacial score (nSPS) is 16.0. The van der Waals surface area contributed by atoms with Crippen LogP contribution in [0, 0.1) is 0 Å². The molecule has 0 saturated heterocycles. The van der Waals surface area contributed by atoms with E-state index in [9.17, 15) is 0 Å². The molecule has 0 amide bonds. The van der Waals surface area contributed by atoms with Gasteiger partial charge in [0.25, 0.3) is 0 Å². The minimum absolute atomic E-state index is 0.514. The largest absolute Gasteiger partial charge is 0.310 e. The second-order valence-corrected chi connectivity index (χ2v) is 16.4. The Morgan fingerprint density at radius 1 is 0.387 bits per heavy atom. The molecule has 0 bridgehead atoms. The SMILES string of the molecule is C=CC1=C(/C=C\C)C(c2ccccc2)(c2ccc(N(c3ccc4c(c3)C(c3ccccc3)(c3ccccc3)c3ccccc3-4)c3ccc4ccccc4c3)cc2)c2ccccc21. The molecule has 1 nitrogen and oxygen atoms in total. The van der Waals surface area contributed by atoms with Gasteiger partial charge in [0.1, 0.15) is 0 Å². The molecular formula is C61H45N. The van der Waals surface area contributed by atoms with Crippen molar-refractivity contribution in [3.8, 4) is 11.1 Å². The second-order valence-electron chi connectivity index (χ2n) is 16.4. The fourth-order valence-corrected chi connectivity index (χ4v) is 10.8. The van der Waals surface area contributed by atoms with Crippen molar-refractivity contribution in [1.29, 1.82) is 0 Å². The lowest BCUT2D eigenvalue weighted by Crippen LogP contribution is -2.29. The molecule has 0 radical (unpaired) electrons. The van der Waals surface area contributed by atoms with Crippen LogP contribution in [0.25, 0.3) is 27.5 Å². The van der Waals surface area contributed by atoms with Gasteiger partial charge in [-0.05, 0) is 121 Å². The molecular weight excluding hydrogens is 747 g/mol. The van der Waals surface area contributed by atoms with Crippen LogP contribution in [0.2, 0.25) is 0 Å². The Bertz CT molecular complexity index is 3150. The van der Waals surface area contributed by atoms with Gasteiger partial charge in [-0.25, -0.2) is 0 Å². The average molecular weight is 792 g/mol. The number of rotatable bonds is 9. The third-order valence-corrected chi connectivity index (χ3v) is 13.3. The summed E-state index contributed by atoms with van der Waals surface area (Å²) in [6.07, 6.45) is 6.48. The van der Waals surface area contributed by atoms with E-state index in [4.69, 9.17) is 0 Å². The van der Waals surface area contributed by atoms with Crippen LogP contribution in [-0.2, 0) is 10.8 Å². The zero-order valence-corrected chi connectivity index (χ0v) is 34.7. The first-order chi connectivity index (χ1) is 30.7. The quantitative estimate of drug-likeness (QED) is 0.141. The molecule has 9 aromatic rings. The van der Waals surface area contributed by atoms with E-state index in [-0.39, 0.29) is 0 Å². The highest BCUT2D eigenvalue weighted by molar-refractivity contribution is 5.94. The Morgan fingerprint density at radius 3 is 1.48 bits per heavy atom. The van der Waals surface area contributed by atoms with Gasteiger partial charge >= 0.3 is 0 Å². The van der Waals surface area contributed by atoms with Crippen LogP contribution in [0.15, 0.2) is 255 Å². The number of anilines is 3. The van der Waals surface area contributed by atoms with Crippen LogP contribution in [-0.4, -0.2) is 0 Å². The molecule has 0 aliphatic heterocycles. The topological polar surface area (TPSA) is 3.24 Å². The third-order valence-electron chi connectivity index (χ3n) is 13.3. The van der Waals surface area contributed by atoms with Crippen molar-refractivity contribution < 1.29 is 0 Å². The lowest BCUT2D eigenvalue weighted by atomic mass is 9.66. The Labute approximate surface area is 364 Å². The van der Waals surface area contributed by atoms with Gasteiger partial charge in [0.15, 0.2) is 0 Å². The summed E-state index contributed by atoms with van der Waals surface area (Å²) in [6.45, 7) is 6.45. The summed E-state index contributed by atoms with van der Waals surface area (Å²) in [4.78, 5) is 2.44. The summed E-state index contributed by atoms with van der Waals surface area (Å²) >= 11 is 0. The average Bonchev–Trinajstić information content (AvgIpc) is 3.80. The van der Waals surface area contributed by atoms with E-state index < -0.39 is 10.8 Å². The fraction of sp³-hybridized carbons (Fsp3) is 0.0492. The molecule has 0 saturated carbocycles. The van der Waals surface area contributed by atoms with E-state index in [0.29, 0.717) is 0 Å². The monoisotopic (exact) mass is 791 g/mol. The minimum Gasteiger partial charge on any atom is -0.310 e. The van der Waals surface area contributed by atoms with Crippen LogP contribution < -0.4 is 4.90 Å². The Morgan fingerprint density at radius 2 is 0.855 bits per heavy atom. The van der Waals surface area contributed by atoms with E-state index in [1.807, 2.05) is 6.08 Å². The predicted octanol–water partition coefficient (Wildman–Crippen LogP) is 15.5. The van der Waals surface area contributed by atoms with Crippen molar-refractivity contribution in [3.63, 3.8) is 0 Å². The van der Waals surface area contributed by atoms with E-state index in [1.54, 1.807) is 0 Å². The van der Waals surface area contributed by atoms with E-state index in [1.165, 1.54) is 77.6 Å². The third kappa shape index (κ3) is 5.48. The summed E-state index contributed by atoms with van der Waals surface area (Å²) in [5.74, 6) is 0. The molecule has 62 heavy (non-hydrogen) atoms. The first kappa shape index (κ1) is 37.3. The molecule has 0 N–H and O–H groups in total. The molecule has 2 aliphatic rings. The van der Waals surface area contributed by atoms with E-state index in [2.05, 4.69) is 255 Å². The van der Waals surface area contributed by atoms with Crippen LogP contribution in [0.3, 0.4) is 0 Å². The molecule has 0 spiro atoms. The molecule has 2 aliphatic carbocycles. The number of hydrogen-bond acceptors (Lipinski definition) is 1. The van der Waals surface area contributed by atoms with Gasteiger partial charge in [-0.2, -0.15) is 0 Å². The summed E-state index contributed by atoms with van der Waals surface area (Å²) in [7, 11) is 0. The molecule has 11 rings (SSSR count). The van der Waals surface area contributed by atoms with Gasteiger partial charge in [0.2, 0.25) is 0 Å². The summed E-state index contributed by atoms with van der Waals surface area (Å²) in [5.41, 5.74) is 17.2. The van der Waals surface area contributed by atoms with Gasteiger partial charge in [-0.3, -0.25) is 0 Å². The van der Waals surface area contributed by atoms with E-state index >= 15 is 0 Å². The number of hydrogen-bond donors (Lipinski definition) is 0. The van der Waals surface area contributed by atoms with Gasteiger partial charge in [0, 0.05) is 17.1 Å². The maximum atomic E-state index is 4.34. The van der Waals surface area contributed by atoms with Crippen molar-refractivity contribution in [2.75, 3.05) is 4.90 Å². The van der Waals surface area contributed by atoms with Crippen LogP contribution in [0.5, 0.6) is 0 Å². The van der Waals surface area contributed by atoms with Crippen molar-refractivity contribution in [2.24, 2.45) is 0 Å². The fourth-order valence-electron chi connectivity index (χ4n) is 10.8. The van der Waals surface area contributed by atoms with Gasteiger partial charge < -0.3 is 4.90 Å². The minimum atomic E-state index is -0.537. The number of nitrogens with zero attached hydrogens (tertiary/aromatic N) is 1. The van der Waals surface area contributed by atoms with E-state index in [0.717, 1.165) is 17.1 Å². The zero-order chi connectivity index (χ0) is 41.7. The molecule has 1 atom stereocenters. The molecule has 294 valence electrons. The second kappa shape index (κ2) is 15.1. The highest BCUT2D eigenvalue weighted by atomic mass is 15.1. The summed E-state index contributed by atoms with van der Waals surface area (Å²) in [5, 5.41) is 2.42. The molecule has 9 aromatic carbocycles. The Balaban J connectivity index is 1.15. The van der Waals surface area contributed by atoms with Crippen LogP contribution in [0.1, 0.15) is 51.4 Å². The smallest absolute Gasteiger partial charge is 0.0714 e. The lowest BCUT2D eigenvalue weighted by Gasteiger charge is -2.36.